The molecule has 20 heavy (non-hydrogen) atoms. The standard InChI is InChI=1S/C16H22N2O2/c1-18-14-6-4-13(10-12(14)5-7-15(18)19)16(11-2-3-11)20-9-8-17/h4,6,10-11,16H,2-3,5,7-9,17H2,1H3. The van der Waals surface area contributed by atoms with Gasteiger partial charge < -0.3 is 15.4 Å². The SMILES string of the molecule is CN1C(=O)CCc2cc(C(OCCN)C3CC3)ccc21. The van der Waals surface area contributed by atoms with E-state index < -0.39 is 0 Å². The molecule has 1 heterocycles. The van der Waals surface area contributed by atoms with Gasteiger partial charge in [0.15, 0.2) is 0 Å². The summed E-state index contributed by atoms with van der Waals surface area (Å²) in [6.07, 6.45) is 4.09. The van der Waals surface area contributed by atoms with E-state index in [4.69, 9.17) is 10.5 Å². The fourth-order valence-corrected chi connectivity index (χ4v) is 2.95. The Kier molecular flexibility index (Phi) is 3.76. The zero-order valence-electron chi connectivity index (χ0n) is 12.0. The molecule has 2 N–H and O–H groups in total. The Morgan fingerprint density at radius 3 is 2.90 bits per heavy atom. The van der Waals surface area contributed by atoms with E-state index in [1.54, 1.807) is 4.90 Å². The van der Waals surface area contributed by atoms with Crippen LogP contribution < -0.4 is 10.6 Å². The number of nitrogens with zero attached hydrogens (tertiary/aromatic N) is 1. The summed E-state index contributed by atoms with van der Waals surface area (Å²) in [5.41, 5.74) is 9.09. The summed E-state index contributed by atoms with van der Waals surface area (Å²) in [5, 5.41) is 0. The minimum absolute atomic E-state index is 0.173. The molecule has 1 aliphatic carbocycles. The van der Waals surface area contributed by atoms with Crippen molar-refractivity contribution in [3.05, 3.63) is 29.3 Å². The second kappa shape index (κ2) is 5.54. The molecule has 0 bridgehead atoms. The van der Waals surface area contributed by atoms with Crippen molar-refractivity contribution < 1.29 is 9.53 Å². The van der Waals surface area contributed by atoms with Crippen LogP contribution >= 0.6 is 0 Å². The summed E-state index contributed by atoms with van der Waals surface area (Å²) >= 11 is 0. The number of hydrogen-bond donors (Lipinski definition) is 1. The Morgan fingerprint density at radius 1 is 1.40 bits per heavy atom. The number of nitrogens with two attached hydrogens (primary N) is 1. The van der Waals surface area contributed by atoms with Crippen LogP contribution in [0.5, 0.6) is 0 Å². The molecule has 1 saturated carbocycles. The van der Waals surface area contributed by atoms with E-state index in [0.717, 1.165) is 12.1 Å². The lowest BCUT2D eigenvalue weighted by Gasteiger charge is -2.27. The fourth-order valence-electron chi connectivity index (χ4n) is 2.95. The average molecular weight is 274 g/mol. The van der Waals surface area contributed by atoms with Crippen molar-refractivity contribution in [1.82, 2.24) is 0 Å². The number of carbonyl (C=O) groups is 1. The first-order valence-electron chi connectivity index (χ1n) is 7.41. The first-order valence-corrected chi connectivity index (χ1v) is 7.41. The van der Waals surface area contributed by atoms with Crippen LogP contribution in [0.25, 0.3) is 0 Å². The van der Waals surface area contributed by atoms with E-state index in [1.165, 1.54) is 24.0 Å². The van der Waals surface area contributed by atoms with Gasteiger partial charge in [0, 0.05) is 25.7 Å². The van der Waals surface area contributed by atoms with E-state index in [-0.39, 0.29) is 12.0 Å². The minimum Gasteiger partial charge on any atom is -0.372 e. The van der Waals surface area contributed by atoms with Crippen LogP contribution in [0.3, 0.4) is 0 Å². The van der Waals surface area contributed by atoms with Crippen LogP contribution in [-0.4, -0.2) is 26.1 Å². The van der Waals surface area contributed by atoms with Gasteiger partial charge in [0.25, 0.3) is 0 Å². The zero-order chi connectivity index (χ0) is 14.1. The van der Waals surface area contributed by atoms with Crippen molar-refractivity contribution >= 4 is 11.6 Å². The van der Waals surface area contributed by atoms with Gasteiger partial charge in [0.2, 0.25) is 5.91 Å². The van der Waals surface area contributed by atoms with Crippen molar-refractivity contribution in [3.8, 4) is 0 Å². The highest BCUT2D eigenvalue weighted by molar-refractivity contribution is 5.95. The van der Waals surface area contributed by atoms with Crippen molar-refractivity contribution in [3.63, 3.8) is 0 Å². The highest BCUT2D eigenvalue weighted by Gasteiger charge is 2.33. The average Bonchev–Trinajstić information content (AvgIpc) is 3.28. The summed E-state index contributed by atoms with van der Waals surface area (Å²) in [5.74, 6) is 0.839. The van der Waals surface area contributed by atoms with Gasteiger partial charge in [-0.15, -0.1) is 0 Å². The first-order chi connectivity index (χ1) is 9.70. The molecule has 1 atom stereocenters. The van der Waals surface area contributed by atoms with Gasteiger partial charge in [-0.1, -0.05) is 12.1 Å². The maximum absolute atomic E-state index is 11.7. The molecule has 0 saturated heterocycles. The lowest BCUT2D eigenvalue weighted by Crippen LogP contribution is -2.31. The molecular weight excluding hydrogens is 252 g/mol. The number of aryl methyl sites for hydroxylation is 1. The molecule has 1 amide bonds. The largest absolute Gasteiger partial charge is 0.372 e. The number of ether oxygens (including phenoxy) is 1. The number of benzene rings is 1. The van der Waals surface area contributed by atoms with Crippen molar-refractivity contribution in [2.24, 2.45) is 11.7 Å². The minimum atomic E-state index is 0.173. The number of carbonyl (C=O) groups excluding carboxylic acids is 1. The summed E-state index contributed by atoms with van der Waals surface area (Å²) in [6.45, 7) is 1.17. The molecule has 4 nitrogen and oxygen atoms in total. The lowest BCUT2D eigenvalue weighted by atomic mass is 9.96. The van der Waals surface area contributed by atoms with Crippen LogP contribution in [0.4, 0.5) is 5.69 Å². The smallest absolute Gasteiger partial charge is 0.227 e. The lowest BCUT2D eigenvalue weighted by molar-refractivity contribution is -0.118. The second-order valence-electron chi connectivity index (χ2n) is 5.76. The van der Waals surface area contributed by atoms with Gasteiger partial charge in [-0.25, -0.2) is 0 Å². The predicted molar refractivity (Wildman–Crippen MR) is 78.6 cm³/mol. The van der Waals surface area contributed by atoms with E-state index in [9.17, 15) is 4.79 Å². The normalized spacial score (nSPS) is 19.9. The monoisotopic (exact) mass is 274 g/mol. The van der Waals surface area contributed by atoms with Crippen LogP contribution in [0.2, 0.25) is 0 Å². The third kappa shape index (κ3) is 2.58. The molecule has 0 radical (unpaired) electrons. The van der Waals surface area contributed by atoms with E-state index in [0.29, 0.717) is 25.5 Å². The summed E-state index contributed by atoms with van der Waals surface area (Å²) in [4.78, 5) is 13.5. The number of amides is 1. The highest BCUT2D eigenvalue weighted by atomic mass is 16.5. The fraction of sp³-hybridized carbons (Fsp3) is 0.562. The van der Waals surface area contributed by atoms with Gasteiger partial charge in [-0.3, -0.25) is 4.79 Å². The molecule has 1 fully saturated rings. The van der Waals surface area contributed by atoms with E-state index >= 15 is 0 Å². The number of rotatable bonds is 5. The van der Waals surface area contributed by atoms with Gasteiger partial charge in [0.05, 0.1) is 12.7 Å². The Morgan fingerprint density at radius 2 is 2.20 bits per heavy atom. The van der Waals surface area contributed by atoms with Crippen molar-refractivity contribution in [1.29, 1.82) is 0 Å². The molecule has 2 aliphatic rings. The molecule has 0 spiro atoms. The Balaban J connectivity index is 1.85. The first kappa shape index (κ1) is 13.6. The Bertz CT molecular complexity index is 511. The summed E-state index contributed by atoms with van der Waals surface area (Å²) < 4.78 is 5.93. The van der Waals surface area contributed by atoms with Crippen molar-refractivity contribution in [2.45, 2.75) is 31.8 Å². The maximum Gasteiger partial charge on any atom is 0.227 e. The summed E-state index contributed by atoms with van der Waals surface area (Å²) in [6, 6.07) is 6.38. The van der Waals surface area contributed by atoms with Crippen LogP contribution in [0.15, 0.2) is 18.2 Å². The zero-order valence-corrected chi connectivity index (χ0v) is 12.0. The molecule has 1 aliphatic heterocycles. The topological polar surface area (TPSA) is 55.6 Å². The van der Waals surface area contributed by atoms with E-state index in [1.807, 2.05) is 7.05 Å². The second-order valence-corrected chi connectivity index (χ2v) is 5.76. The van der Waals surface area contributed by atoms with Gasteiger partial charge in [-0.05, 0) is 42.4 Å². The van der Waals surface area contributed by atoms with Crippen LogP contribution in [-0.2, 0) is 16.0 Å². The molecule has 1 aromatic rings. The third-order valence-corrected chi connectivity index (χ3v) is 4.24. The molecule has 0 aromatic heterocycles. The van der Waals surface area contributed by atoms with Gasteiger partial charge in [0.1, 0.15) is 0 Å². The molecule has 4 heteroatoms. The molecule has 1 unspecified atom stereocenters. The Hall–Kier alpha value is -1.39. The van der Waals surface area contributed by atoms with Crippen LogP contribution in [0, 0.1) is 5.92 Å². The van der Waals surface area contributed by atoms with Gasteiger partial charge >= 0.3 is 0 Å². The predicted octanol–water partition coefficient (Wildman–Crippen LogP) is 2.02. The van der Waals surface area contributed by atoms with Crippen molar-refractivity contribution in [2.75, 3.05) is 25.1 Å². The maximum atomic E-state index is 11.7. The number of anilines is 1. The summed E-state index contributed by atoms with van der Waals surface area (Å²) in [7, 11) is 1.85. The van der Waals surface area contributed by atoms with Gasteiger partial charge in [-0.2, -0.15) is 0 Å². The molecule has 3 rings (SSSR count). The number of hydrogen-bond acceptors (Lipinski definition) is 3. The van der Waals surface area contributed by atoms with E-state index in [2.05, 4.69) is 18.2 Å². The molecule has 108 valence electrons. The number of fused-ring (bicyclic) bond motifs is 1. The Labute approximate surface area is 119 Å². The highest BCUT2D eigenvalue weighted by Crippen LogP contribution is 2.44. The van der Waals surface area contributed by atoms with Crippen LogP contribution in [0.1, 0.15) is 36.5 Å². The molecule has 1 aromatic carbocycles. The quantitative estimate of drug-likeness (QED) is 0.893. The third-order valence-electron chi connectivity index (χ3n) is 4.24. The molecular formula is C16H22N2O2.